The first-order chi connectivity index (χ1) is 25.3. The molecule has 0 aromatic heterocycles. The van der Waals surface area contributed by atoms with Crippen LogP contribution in [0.4, 0.5) is 0 Å². The van der Waals surface area contributed by atoms with Crippen molar-refractivity contribution in [1.29, 1.82) is 0 Å². The molecule has 0 aliphatic rings. The van der Waals surface area contributed by atoms with E-state index in [1.165, 1.54) is 26.2 Å². The number of carbonyl (C=O) groups is 4. The van der Waals surface area contributed by atoms with Crippen molar-refractivity contribution in [2.24, 2.45) is 11.8 Å². The normalized spacial score (nSPS) is 13.7. The summed E-state index contributed by atoms with van der Waals surface area (Å²) in [6.07, 6.45) is 14.0. The molecule has 1 aromatic rings. The van der Waals surface area contributed by atoms with E-state index in [2.05, 4.69) is 24.1 Å². The number of carbonyl (C=O) groups excluding carboxylic acids is 4. The van der Waals surface area contributed by atoms with Gasteiger partial charge in [0, 0.05) is 25.7 Å². The van der Waals surface area contributed by atoms with Gasteiger partial charge in [0.05, 0.1) is 19.1 Å². The Hall–Kier alpha value is -3.68. The van der Waals surface area contributed by atoms with Crippen molar-refractivity contribution in [1.82, 2.24) is 5.32 Å². The average Bonchev–Trinajstić information content (AvgIpc) is 3.09. The van der Waals surface area contributed by atoms with Gasteiger partial charge in [0.2, 0.25) is 0 Å². The van der Waals surface area contributed by atoms with Crippen LogP contribution >= 0.6 is 0 Å². The number of Topliss-reactive ketones (excluding diaryl/α,β-unsaturated/α-hetero) is 1. The van der Waals surface area contributed by atoms with Crippen LogP contribution in [0.15, 0.2) is 36.4 Å². The third-order valence-corrected chi connectivity index (χ3v) is 8.56. The van der Waals surface area contributed by atoms with Gasteiger partial charge in [0.15, 0.2) is 0 Å². The summed E-state index contributed by atoms with van der Waals surface area (Å²) in [5.41, 5.74) is 0.00255. The number of unbranched alkanes of at least 4 members (excludes halogenated alkanes) is 8. The molecule has 53 heavy (non-hydrogen) atoms. The number of nitrogens with one attached hydrogen (secondary N) is 1. The van der Waals surface area contributed by atoms with Gasteiger partial charge in [-0.25, -0.2) is 0 Å². The van der Waals surface area contributed by atoms with Crippen molar-refractivity contribution >= 4 is 23.7 Å². The molecule has 0 saturated carbocycles. The molecular formula is C43H67NO9. The highest BCUT2D eigenvalue weighted by atomic mass is 16.6. The maximum absolute atomic E-state index is 13.6. The van der Waals surface area contributed by atoms with Crippen molar-refractivity contribution in [3.05, 3.63) is 42.0 Å². The van der Waals surface area contributed by atoms with E-state index in [1.54, 1.807) is 52.8 Å². The molecule has 0 aliphatic carbocycles. The molecule has 4 atom stereocenters. The maximum atomic E-state index is 13.6. The van der Waals surface area contributed by atoms with Crippen LogP contribution in [0, 0.1) is 23.7 Å². The molecule has 0 fully saturated rings. The Kier molecular flexibility index (Phi) is 24.9. The Morgan fingerprint density at radius 3 is 2.11 bits per heavy atom. The van der Waals surface area contributed by atoms with Crippen LogP contribution < -0.4 is 10.1 Å². The molecule has 2 N–H and O–H groups in total. The van der Waals surface area contributed by atoms with Gasteiger partial charge in [0.25, 0.3) is 0 Å². The van der Waals surface area contributed by atoms with Crippen LogP contribution in [0.25, 0.3) is 0 Å². The predicted octanol–water partition coefficient (Wildman–Crippen LogP) is 7.82. The second-order valence-corrected chi connectivity index (χ2v) is 14.4. The van der Waals surface area contributed by atoms with Crippen molar-refractivity contribution in [3.8, 4) is 17.6 Å². The van der Waals surface area contributed by atoms with Gasteiger partial charge in [0.1, 0.15) is 36.0 Å². The molecule has 1 unspecified atom stereocenters. The Labute approximate surface area is 319 Å². The van der Waals surface area contributed by atoms with E-state index in [0.29, 0.717) is 30.8 Å². The lowest BCUT2D eigenvalue weighted by molar-refractivity contribution is -0.165. The van der Waals surface area contributed by atoms with Gasteiger partial charge in [-0.3, -0.25) is 24.5 Å². The topological polar surface area (TPSA) is 137 Å². The summed E-state index contributed by atoms with van der Waals surface area (Å²) in [5, 5.41) is 14.8. The zero-order chi connectivity index (χ0) is 39.5. The second-order valence-electron chi connectivity index (χ2n) is 14.4. The number of ether oxygens (including phenoxy) is 4. The zero-order valence-electron chi connectivity index (χ0n) is 33.5. The van der Waals surface area contributed by atoms with Gasteiger partial charge >= 0.3 is 17.9 Å². The maximum Gasteiger partial charge on any atom is 0.323 e. The van der Waals surface area contributed by atoms with E-state index in [-0.39, 0.29) is 32.7 Å². The lowest BCUT2D eigenvalue weighted by Gasteiger charge is -2.32. The molecule has 1 rings (SSSR count). The molecule has 0 amide bonds. The lowest BCUT2D eigenvalue weighted by Crippen LogP contribution is -2.51. The highest BCUT2D eigenvalue weighted by Gasteiger charge is 2.37. The Morgan fingerprint density at radius 2 is 1.53 bits per heavy atom. The SMILES string of the molecule is CC#CCOc1ccc(C[C@H](NC(O)[C@@H](/C=C/CCCCCCC(=O)CCCCCCC)[C@@H](CCOC(C)=O)C(=O)OC(C)(C)C)C(=O)OCC)cc1. The molecule has 298 valence electrons. The Balaban J connectivity index is 3.11. The second kappa shape index (κ2) is 27.9. The summed E-state index contributed by atoms with van der Waals surface area (Å²) < 4.78 is 21.9. The van der Waals surface area contributed by atoms with E-state index in [4.69, 9.17) is 18.9 Å². The fraction of sp³-hybridized carbons (Fsp3) is 0.674. The number of hydrogen-bond acceptors (Lipinski definition) is 10. The highest BCUT2D eigenvalue weighted by molar-refractivity contribution is 5.78. The highest BCUT2D eigenvalue weighted by Crippen LogP contribution is 2.26. The Morgan fingerprint density at radius 1 is 0.887 bits per heavy atom. The van der Waals surface area contributed by atoms with E-state index < -0.39 is 47.6 Å². The number of esters is 3. The van der Waals surface area contributed by atoms with Crippen molar-refractivity contribution in [2.45, 2.75) is 156 Å². The van der Waals surface area contributed by atoms with Crippen LogP contribution in [0.3, 0.4) is 0 Å². The minimum atomic E-state index is -1.36. The van der Waals surface area contributed by atoms with Crippen molar-refractivity contribution < 1.29 is 43.2 Å². The fourth-order valence-electron chi connectivity index (χ4n) is 5.80. The van der Waals surface area contributed by atoms with Crippen molar-refractivity contribution in [2.75, 3.05) is 19.8 Å². The predicted molar refractivity (Wildman–Crippen MR) is 208 cm³/mol. The summed E-state index contributed by atoms with van der Waals surface area (Å²) >= 11 is 0. The zero-order valence-corrected chi connectivity index (χ0v) is 33.5. The standard InChI is InChI=1S/C43H67NO9/c1-8-11-13-16-19-22-35(46)23-20-17-14-15-18-21-24-37(38(29-31-51-33(4)45)41(48)53-43(5,6)7)40(47)44-39(42(49)50-10-3)32-34-25-27-36(28-26-34)52-30-12-9-2/h21,24-28,37-40,44,47H,8,10-11,13-20,22-23,29-32H2,1-7H3/b24-21+/t37-,38+,39-,40?/m0/s1. The number of rotatable bonds is 28. The number of hydrogen-bond donors (Lipinski definition) is 2. The molecular weight excluding hydrogens is 674 g/mol. The number of benzene rings is 1. The molecule has 0 saturated heterocycles. The van der Waals surface area contributed by atoms with Gasteiger partial charge in [-0.2, -0.15) is 0 Å². The molecule has 0 bridgehead atoms. The van der Waals surface area contributed by atoms with Gasteiger partial charge < -0.3 is 24.1 Å². The fourth-order valence-corrected chi connectivity index (χ4v) is 5.80. The lowest BCUT2D eigenvalue weighted by atomic mass is 9.86. The van der Waals surface area contributed by atoms with Crippen LogP contribution in [0.1, 0.15) is 138 Å². The molecule has 0 aliphatic heterocycles. The third-order valence-electron chi connectivity index (χ3n) is 8.56. The van der Waals surface area contributed by atoms with Crippen LogP contribution in [-0.4, -0.2) is 66.5 Å². The first kappa shape index (κ1) is 47.3. The van der Waals surface area contributed by atoms with E-state index >= 15 is 0 Å². The molecule has 1 aromatic carbocycles. The van der Waals surface area contributed by atoms with Crippen LogP contribution in [0.2, 0.25) is 0 Å². The van der Waals surface area contributed by atoms with E-state index in [1.807, 2.05) is 18.2 Å². The summed E-state index contributed by atoms with van der Waals surface area (Å²) in [7, 11) is 0. The largest absolute Gasteiger partial charge is 0.481 e. The van der Waals surface area contributed by atoms with E-state index in [0.717, 1.165) is 44.1 Å². The minimum Gasteiger partial charge on any atom is -0.481 e. The van der Waals surface area contributed by atoms with Crippen LogP contribution in [-0.2, 0) is 39.8 Å². The number of allylic oxidation sites excluding steroid dienone is 1. The first-order valence-corrected chi connectivity index (χ1v) is 19.6. The number of aliphatic hydroxyl groups is 1. The summed E-state index contributed by atoms with van der Waals surface area (Å²) in [4.78, 5) is 50.6. The average molecular weight is 742 g/mol. The molecule has 10 heteroatoms. The number of aliphatic hydroxyl groups excluding tert-OH is 1. The van der Waals surface area contributed by atoms with Gasteiger partial charge in [-0.1, -0.05) is 75.7 Å². The van der Waals surface area contributed by atoms with Crippen molar-refractivity contribution in [3.63, 3.8) is 0 Å². The molecule has 0 spiro atoms. The number of ketones is 1. The molecule has 0 heterocycles. The summed E-state index contributed by atoms with van der Waals surface area (Å²) in [6.45, 7) is 12.6. The van der Waals surface area contributed by atoms with Gasteiger partial charge in [-0.05, 0) is 90.8 Å². The van der Waals surface area contributed by atoms with E-state index in [9.17, 15) is 24.3 Å². The van der Waals surface area contributed by atoms with Gasteiger partial charge in [-0.15, -0.1) is 5.92 Å². The quantitative estimate of drug-likeness (QED) is 0.0218. The molecule has 10 nitrogen and oxygen atoms in total. The summed E-state index contributed by atoms with van der Waals surface area (Å²) in [6, 6.07) is 6.31. The summed E-state index contributed by atoms with van der Waals surface area (Å²) in [5.74, 6) is 3.31. The third kappa shape index (κ3) is 22.9. The minimum absolute atomic E-state index is 0.0483. The Bertz CT molecular complexity index is 1290. The monoisotopic (exact) mass is 741 g/mol. The van der Waals surface area contributed by atoms with Crippen LogP contribution in [0.5, 0.6) is 5.75 Å². The molecule has 0 radical (unpaired) electrons. The first-order valence-electron chi connectivity index (χ1n) is 19.6. The smallest absolute Gasteiger partial charge is 0.323 e.